The third kappa shape index (κ3) is 3.40. The summed E-state index contributed by atoms with van der Waals surface area (Å²) in [5, 5.41) is 10.7. The average Bonchev–Trinajstić information content (AvgIpc) is 2.93. The first-order valence-electron chi connectivity index (χ1n) is 9.14. The molecule has 4 heteroatoms. The lowest BCUT2D eigenvalue weighted by molar-refractivity contribution is 0.285. The molecule has 0 radical (unpaired) electrons. The molecule has 26 heavy (non-hydrogen) atoms. The Labute approximate surface area is 154 Å². The number of fused-ring (bicyclic) bond motifs is 1. The molecule has 0 saturated carbocycles. The summed E-state index contributed by atoms with van der Waals surface area (Å²) in [4.78, 5) is 9.32. The van der Waals surface area contributed by atoms with Crippen LogP contribution in [0.25, 0.3) is 10.9 Å². The number of anilines is 1. The van der Waals surface area contributed by atoms with Gasteiger partial charge >= 0.3 is 0 Å². The van der Waals surface area contributed by atoms with Crippen molar-refractivity contribution in [2.24, 2.45) is 0 Å². The van der Waals surface area contributed by atoms with Gasteiger partial charge in [-0.15, -0.1) is 0 Å². The van der Waals surface area contributed by atoms with Crippen molar-refractivity contribution in [3.63, 3.8) is 0 Å². The SMILES string of the molecule is N#Cc1cnc2ccccc2c1N1CCCN(Cc2ccccc2)CC1. The fourth-order valence-electron chi connectivity index (χ4n) is 3.74. The molecule has 0 atom stereocenters. The van der Waals surface area contributed by atoms with Crippen LogP contribution in [-0.4, -0.2) is 36.1 Å². The maximum atomic E-state index is 9.60. The van der Waals surface area contributed by atoms with Gasteiger partial charge in [-0.05, 0) is 18.1 Å². The normalized spacial score (nSPS) is 15.6. The number of para-hydroxylation sites is 1. The summed E-state index contributed by atoms with van der Waals surface area (Å²) < 4.78 is 0. The van der Waals surface area contributed by atoms with Crippen molar-refractivity contribution in [3.05, 3.63) is 71.9 Å². The van der Waals surface area contributed by atoms with Gasteiger partial charge in [0.15, 0.2) is 0 Å². The highest BCUT2D eigenvalue weighted by molar-refractivity contribution is 5.94. The lowest BCUT2D eigenvalue weighted by Gasteiger charge is -2.25. The highest BCUT2D eigenvalue weighted by atomic mass is 15.2. The first-order chi connectivity index (χ1) is 12.8. The van der Waals surface area contributed by atoms with Crippen molar-refractivity contribution in [1.82, 2.24) is 9.88 Å². The van der Waals surface area contributed by atoms with E-state index in [2.05, 4.69) is 57.3 Å². The van der Waals surface area contributed by atoms with Crippen molar-refractivity contribution in [2.45, 2.75) is 13.0 Å². The summed E-state index contributed by atoms with van der Waals surface area (Å²) in [6.45, 7) is 4.95. The molecule has 1 saturated heterocycles. The van der Waals surface area contributed by atoms with Crippen molar-refractivity contribution in [1.29, 1.82) is 5.26 Å². The number of nitriles is 1. The largest absolute Gasteiger partial charge is 0.369 e. The maximum Gasteiger partial charge on any atom is 0.103 e. The number of rotatable bonds is 3. The average molecular weight is 342 g/mol. The topological polar surface area (TPSA) is 43.2 Å². The van der Waals surface area contributed by atoms with Crippen LogP contribution in [0.2, 0.25) is 0 Å². The van der Waals surface area contributed by atoms with E-state index in [-0.39, 0.29) is 0 Å². The first-order valence-corrected chi connectivity index (χ1v) is 9.14. The van der Waals surface area contributed by atoms with E-state index >= 15 is 0 Å². The molecule has 1 aromatic heterocycles. The third-order valence-electron chi connectivity index (χ3n) is 5.02. The van der Waals surface area contributed by atoms with Gasteiger partial charge in [0.2, 0.25) is 0 Å². The minimum absolute atomic E-state index is 0.667. The van der Waals surface area contributed by atoms with Crippen molar-refractivity contribution in [3.8, 4) is 6.07 Å². The zero-order chi connectivity index (χ0) is 17.8. The third-order valence-corrected chi connectivity index (χ3v) is 5.02. The van der Waals surface area contributed by atoms with Crippen LogP contribution in [0.15, 0.2) is 60.8 Å². The molecule has 2 aromatic carbocycles. The summed E-state index contributed by atoms with van der Waals surface area (Å²) in [6, 6.07) is 21.1. The second kappa shape index (κ2) is 7.55. The molecular formula is C22H22N4. The second-order valence-electron chi connectivity index (χ2n) is 6.75. The molecule has 130 valence electrons. The number of aromatic nitrogens is 1. The van der Waals surface area contributed by atoms with E-state index in [1.807, 2.05) is 18.2 Å². The molecule has 3 aromatic rings. The second-order valence-corrected chi connectivity index (χ2v) is 6.75. The highest BCUT2D eigenvalue weighted by Crippen LogP contribution is 2.30. The highest BCUT2D eigenvalue weighted by Gasteiger charge is 2.20. The smallest absolute Gasteiger partial charge is 0.103 e. The van der Waals surface area contributed by atoms with Crippen LogP contribution >= 0.6 is 0 Å². The molecule has 1 aliphatic heterocycles. The molecule has 0 unspecified atom stereocenters. The molecule has 1 aliphatic rings. The molecule has 4 nitrogen and oxygen atoms in total. The number of pyridine rings is 1. The quantitative estimate of drug-likeness (QED) is 0.726. The molecule has 0 spiro atoms. The van der Waals surface area contributed by atoms with Gasteiger partial charge < -0.3 is 4.90 Å². The van der Waals surface area contributed by atoms with Gasteiger partial charge in [0.25, 0.3) is 0 Å². The molecule has 1 fully saturated rings. The van der Waals surface area contributed by atoms with Crippen molar-refractivity contribution >= 4 is 16.6 Å². The zero-order valence-electron chi connectivity index (χ0n) is 14.8. The summed E-state index contributed by atoms with van der Waals surface area (Å²) in [7, 11) is 0. The van der Waals surface area contributed by atoms with Gasteiger partial charge in [-0.1, -0.05) is 48.5 Å². The monoisotopic (exact) mass is 342 g/mol. The lowest BCUT2D eigenvalue weighted by atomic mass is 10.1. The van der Waals surface area contributed by atoms with Gasteiger partial charge in [-0.25, -0.2) is 0 Å². The van der Waals surface area contributed by atoms with E-state index in [0.717, 1.165) is 55.7 Å². The number of hydrogen-bond acceptors (Lipinski definition) is 4. The van der Waals surface area contributed by atoms with Gasteiger partial charge in [0, 0.05) is 44.3 Å². The van der Waals surface area contributed by atoms with Crippen molar-refractivity contribution < 1.29 is 0 Å². The van der Waals surface area contributed by atoms with Gasteiger partial charge in [-0.3, -0.25) is 9.88 Å². The van der Waals surface area contributed by atoms with Gasteiger partial charge in [0.1, 0.15) is 6.07 Å². The molecule has 0 amide bonds. The van der Waals surface area contributed by atoms with Gasteiger partial charge in [0.05, 0.1) is 16.8 Å². The van der Waals surface area contributed by atoms with Crippen LogP contribution in [0.3, 0.4) is 0 Å². The van der Waals surface area contributed by atoms with Crippen LogP contribution in [0, 0.1) is 11.3 Å². The Hall–Kier alpha value is -2.90. The van der Waals surface area contributed by atoms with Gasteiger partial charge in [-0.2, -0.15) is 5.26 Å². The number of hydrogen-bond donors (Lipinski definition) is 0. The van der Waals surface area contributed by atoms with E-state index in [1.165, 1.54) is 5.56 Å². The number of benzene rings is 2. The fourth-order valence-corrected chi connectivity index (χ4v) is 3.74. The molecule has 0 bridgehead atoms. The maximum absolute atomic E-state index is 9.60. The molecule has 0 N–H and O–H groups in total. The van der Waals surface area contributed by atoms with Crippen LogP contribution in [0.4, 0.5) is 5.69 Å². The van der Waals surface area contributed by atoms with E-state index in [4.69, 9.17) is 0 Å². The predicted molar refractivity (Wildman–Crippen MR) is 105 cm³/mol. The van der Waals surface area contributed by atoms with Crippen molar-refractivity contribution in [2.75, 3.05) is 31.1 Å². The van der Waals surface area contributed by atoms with Crippen LogP contribution < -0.4 is 4.90 Å². The molecule has 0 aliphatic carbocycles. The van der Waals surface area contributed by atoms with Crippen LogP contribution in [0.1, 0.15) is 17.5 Å². The summed E-state index contributed by atoms with van der Waals surface area (Å²) in [6.07, 6.45) is 2.80. The van der Waals surface area contributed by atoms with E-state index < -0.39 is 0 Å². The number of nitrogens with zero attached hydrogens (tertiary/aromatic N) is 4. The van der Waals surface area contributed by atoms with E-state index in [0.29, 0.717) is 5.56 Å². The Morgan fingerprint density at radius 3 is 2.58 bits per heavy atom. The minimum Gasteiger partial charge on any atom is -0.369 e. The Bertz CT molecular complexity index is 930. The van der Waals surface area contributed by atoms with E-state index in [9.17, 15) is 5.26 Å². The minimum atomic E-state index is 0.667. The van der Waals surface area contributed by atoms with E-state index in [1.54, 1.807) is 6.20 Å². The Morgan fingerprint density at radius 2 is 1.73 bits per heavy atom. The summed E-state index contributed by atoms with van der Waals surface area (Å²) in [5.41, 5.74) is 4.01. The zero-order valence-corrected chi connectivity index (χ0v) is 14.8. The predicted octanol–water partition coefficient (Wildman–Crippen LogP) is 3.82. The molecule has 4 rings (SSSR count). The Balaban J connectivity index is 1.58. The fraction of sp³-hybridized carbons (Fsp3) is 0.273. The molecular weight excluding hydrogens is 320 g/mol. The first kappa shape index (κ1) is 16.6. The molecule has 2 heterocycles. The summed E-state index contributed by atoms with van der Waals surface area (Å²) in [5.74, 6) is 0. The Kier molecular flexibility index (Phi) is 4.81. The standard InChI is InChI=1S/C22H22N4/c23-15-19-16-24-21-10-5-4-9-20(21)22(19)26-12-6-11-25(13-14-26)17-18-7-2-1-3-8-18/h1-5,7-10,16H,6,11-14,17H2. The van der Waals surface area contributed by atoms with Crippen LogP contribution in [0.5, 0.6) is 0 Å². The van der Waals surface area contributed by atoms with Crippen LogP contribution in [-0.2, 0) is 6.54 Å². The lowest BCUT2D eigenvalue weighted by Crippen LogP contribution is -2.31. The Morgan fingerprint density at radius 1 is 0.923 bits per heavy atom. The summed E-state index contributed by atoms with van der Waals surface area (Å²) >= 11 is 0.